The summed E-state index contributed by atoms with van der Waals surface area (Å²) in [7, 11) is 0. The number of amides is 1. The van der Waals surface area contributed by atoms with Crippen molar-refractivity contribution >= 4 is 17.3 Å². The third-order valence-corrected chi connectivity index (χ3v) is 4.16. The molecular formula is C21H26N2O3. The summed E-state index contributed by atoms with van der Waals surface area (Å²) in [5.74, 6) is 1.02. The van der Waals surface area contributed by atoms with Crippen LogP contribution in [0.3, 0.4) is 0 Å². The number of carbonyl (C=O) groups excluding carboxylic acids is 1. The first kappa shape index (κ1) is 18.3. The minimum atomic E-state index is -0.140. The van der Waals surface area contributed by atoms with Gasteiger partial charge in [-0.15, -0.1) is 0 Å². The highest BCUT2D eigenvalue weighted by atomic mass is 16.5. The second-order valence-corrected chi connectivity index (χ2v) is 6.84. The zero-order valence-electron chi connectivity index (χ0n) is 15.4. The molecule has 0 saturated carbocycles. The molecule has 1 aliphatic heterocycles. The number of hydrogen-bond donors (Lipinski definition) is 1. The monoisotopic (exact) mass is 354 g/mol. The van der Waals surface area contributed by atoms with E-state index in [9.17, 15) is 4.79 Å². The fourth-order valence-electron chi connectivity index (χ4n) is 2.80. The van der Waals surface area contributed by atoms with E-state index < -0.39 is 0 Å². The van der Waals surface area contributed by atoms with Crippen molar-refractivity contribution in [2.24, 2.45) is 5.92 Å². The molecule has 2 aromatic rings. The molecular weight excluding hydrogens is 328 g/mol. The van der Waals surface area contributed by atoms with Gasteiger partial charge in [0.2, 0.25) is 0 Å². The second-order valence-electron chi connectivity index (χ2n) is 6.84. The van der Waals surface area contributed by atoms with Crippen LogP contribution < -0.4 is 15.0 Å². The molecule has 0 radical (unpaired) electrons. The maximum Gasteiger partial charge on any atom is 0.255 e. The van der Waals surface area contributed by atoms with Crippen LogP contribution in [0.4, 0.5) is 11.4 Å². The molecule has 1 amide bonds. The predicted octanol–water partition coefficient (Wildman–Crippen LogP) is 3.81. The lowest BCUT2D eigenvalue weighted by atomic mass is 10.2. The summed E-state index contributed by atoms with van der Waals surface area (Å²) in [6.45, 7) is 8.03. The average Bonchev–Trinajstić information content (AvgIpc) is 2.67. The molecule has 0 unspecified atom stereocenters. The highest BCUT2D eigenvalue weighted by Gasteiger charge is 2.13. The molecule has 3 rings (SSSR count). The Morgan fingerprint density at radius 3 is 2.69 bits per heavy atom. The number of carbonyl (C=O) groups is 1. The number of benzene rings is 2. The number of ether oxygens (including phenoxy) is 2. The first-order valence-corrected chi connectivity index (χ1v) is 9.09. The lowest BCUT2D eigenvalue weighted by molar-refractivity contribution is 0.102. The third-order valence-electron chi connectivity index (χ3n) is 4.16. The van der Waals surface area contributed by atoms with Crippen molar-refractivity contribution in [3.8, 4) is 5.75 Å². The molecule has 1 saturated heterocycles. The molecule has 5 heteroatoms. The van der Waals surface area contributed by atoms with Gasteiger partial charge in [-0.05, 0) is 42.3 Å². The van der Waals surface area contributed by atoms with Gasteiger partial charge in [0.1, 0.15) is 5.75 Å². The van der Waals surface area contributed by atoms with E-state index in [1.807, 2.05) is 30.3 Å². The van der Waals surface area contributed by atoms with Crippen molar-refractivity contribution in [1.29, 1.82) is 0 Å². The molecule has 0 atom stereocenters. The van der Waals surface area contributed by atoms with Crippen molar-refractivity contribution in [3.63, 3.8) is 0 Å². The lowest BCUT2D eigenvalue weighted by Crippen LogP contribution is -2.36. The highest BCUT2D eigenvalue weighted by Crippen LogP contribution is 2.22. The molecule has 0 aliphatic carbocycles. The average molecular weight is 354 g/mol. The predicted molar refractivity (Wildman–Crippen MR) is 104 cm³/mol. The molecule has 1 fully saturated rings. The molecule has 138 valence electrons. The largest absolute Gasteiger partial charge is 0.493 e. The van der Waals surface area contributed by atoms with Crippen LogP contribution in [-0.4, -0.2) is 38.8 Å². The fourth-order valence-corrected chi connectivity index (χ4v) is 2.80. The summed E-state index contributed by atoms with van der Waals surface area (Å²) in [5, 5.41) is 2.98. The number of anilines is 2. The standard InChI is InChI=1S/C21H26N2O3/c1-16(2)15-26-20-8-3-5-17(13-20)21(24)22-18-6-4-7-19(14-18)23-9-11-25-12-10-23/h3-8,13-14,16H,9-12,15H2,1-2H3,(H,22,24). The van der Waals surface area contributed by atoms with Gasteiger partial charge < -0.3 is 19.7 Å². The summed E-state index contributed by atoms with van der Waals surface area (Å²) >= 11 is 0. The van der Waals surface area contributed by atoms with Gasteiger partial charge in [-0.25, -0.2) is 0 Å². The van der Waals surface area contributed by atoms with Crippen LogP contribution in [0.15, 0.2) is 48.5 Å². The van der Waals surface area contributed by atoms with E-state index in [1.54, 1.807) is 12.1 Å². The first-order chi connectivity index (χ1) is 12.6. The van der Waals surface area contributed by atoms with Gasteiger partial charge >= 0.3 is 0 Å². The maximum absolute atomic E-state index is 12.6. The normalized spacial score (nSPS) is 14.3. The number of nitrogens with one attached hydrogen (secondary N) is 1. The van der Waals surface area contributed by atoms with Crippen LogP contribution in [0.25, 0.3) is 0 Å². The molecule has 1 heterocycles. The Labute approximate surface area is 154 Å². The summed E-state index contributed by atoms with van der Waals surface area (Å²) in [6, 6.07) is 15.2. The van der Waals surface area contributed by atoms with E-state index in [2.05, 4.69) is 30.1 Å². The van der Waals surface area contributed by atoms with Gasteiger partial charge in [0, 0.05) is 30.0 Å². The van der Waals surface area contributed by atoms with Gasteiger partial charge in [-0.3, -0.25) is 4.79 Å². The van der Waals surface area contributed by atoms with E-state index in [1.165, 1.54) is 0 Å². The van der Waals surface area contributed by atoms with Crippen molar-refractivity contribution in [3.05, 3.63) is 54.1 Å². The molecule has 1 N–H and O–H groups in total. The summed E-state index contributed by atoms with van der Waals surface area (Å²) in [6.07, 6.45) is 0. The topological polar surface area (TPSA) is 50.8 Å². The maximum atomic E-state index is 12.6. The van der Waals surface area contributed by atoms with Crippen molar-refractivity contribution in [1.82, 2.24) is 0 Å². The molecule has 5 nitrogen and oxygen atoms in total. The number of rotatable bonds is 6. The van der Waals surface area contributed by atoms with Crippen LogP contribution in [0.1, 0.15) is 24.2 Å². The van der Waals surface area contributed by atoms with Crippen LogP contribution >= 0.6 is 0 Å². The van der Waals surface area contributed by atoms with Crippen LogP contribution in [0.5, 0.6) is 5.75 Å². The zero-order valence-corrected chi connectivity index (χ0v) is 15.4. The first-order valence-electron chi connectivity index (χ1n) is 9.09. The van der Waals surface area contributed by atoms with E-state index >= 15 is 0 Å². The van der Waals surface area contributed by atoms with Crippen LogP contribution in [0, 0.1) is 5.92 Å². The Morgan fingerprint density at radius 2 is 1.92 bits per heavy atom. The molecule has 0 spiro atoms. The molecule has 1 aliphatic rings. The van der Waals surface area contributed by atoms with Crippen molar-refractivity contribution in [2.75, 3.05) is 43.1 Å². The Bertz CT molecular complexity index is 740. The third kappa shape index (κ3) is 4.99. The van der Waals surface area contributed by atoms with E-state index in [4.69, 9.17) is 9.47 Å². The minimum Gasteiger partial charge on any atom is -0.493 e. The molecule has 0 aromatic heterocycles. The Morgan fingerprint density at radius 1 is 1.15 bits per heavy atom. The van der Waals surface area contributed by atoms with Gasteiger partial charge in [0.25, 0.3) is 5.91 Å². The van der Waals surface area contributed by atoms with E-state index in [-0.39, 0.29) is 5.91 Å². The van der Waals surface area contributed by atoms with Crippen molar-refractivity contribution in [2.45, 2.75) is 13.8 Å². The summed E-state index contributed by atoms with van der Waals surface area (Å²) in [4.78, 5) is 14.9. The summed E-state index contributed by atoms with van der Waals surface area (Å²) in [5.41, 5.74) is 2.47. The van der Waals surface area contributed by atoms with Gasteiger partial charge in [-0.1, -0.05) is 26.0 Å². The van der Waals surface area contributed by atoms with Crippen molar-refractivity contribution < 1.29 is 14.3 Å². The fraction of sp³-hybridized carbons (Fsp3) is 0.381. The highest BCUT2D eigenvalue weighted by molar-refractivity contribution is 6.04. The Balaban J connectivity index is 1.67. The quantitative estimate of drug-likeness (QED) is 0.857. The van der Waals surface area contributed by atoms with Gasteiger partial charge in [0.15, 0.2) is 0 Å². The number of hydrogen-bond acceptors (Lipinski definition) is 4. The Kier molecular flexibility index (Phi) is 6.12. The molecule has 2 aromatic carbocycles. The van der Waals surface area contributed by atoms with Gasteiger partial charge in [0.05, 0.1) is 19.8 Å². The lowest BCUT2D eigenvalue weighted by Gasteiger charge is -2.29. The van der Waals surface area contributed by atoms with E-state index in [0.717, 1.165) is 37.7 Å². The van der Waals surface area contributed by atoms with Crippen LogP contribution in [-0.2, 0) is 4.74 Å². The summed E-state index contributed by atoms with van der Waals surface area (Å²) < 4.78 is 11.1. The minimum absolute atomic E-state index is 0.140. The number of nitrogens with zero attached hydrogens (tertiary/aromatic N) is 1. The Hall–Kier alpha value is -2.53. The second kappa shape index (κ2) is 8.72. The molecule has 26 heavy (non-hydrogen) atoms. The van der Waals surface area contributed by atoms with Crippen LogP contribution in [0.2, 0.25) is 0 Å². The zero-order chi connectivity index (χ0) is 18.4. The van der Waals surface area contributed by atoms with Gasteiger partial charge in [-0.2, -0.15) is 0 Å². The van der Waals surface area contributed by atoms with E-state index in [0.29, 0.717) is 23.8 Å². The molecule has 0 bridgehead atoms. The smallest absolute Gasteiger partial charge is 0.255 e. The number of morpholine rings is 1. The SMILES string of the molecule is CC(C)COc1cccc(C(=O)Nc2cccc(N3CCOCC3)c2)c1.